The summed E-state index contributed by atoms with van der Waals surface area (Å²) < 4.78 is 19.0. The Labute approximate surface area is 178 Å². The van der Waals surface area contributed by atoms with Crippen LogP contribution in [-0.2, 0) is 11.3 Å². The molecular formula is C25H31FN2O2. The average Bonchev–Trinajstić information content (AvgIpc) is 2.78. The van der Waals surface area contributed by atoms with Crippen LogP contribution in [0.5, 0.6) is 5.75 Å². The Morgan fingerprint density at radius 2 is 2.03 bits per heavy atom. The molecule has 5 heteroatoms. The lowest BCUT2D eigenvalue weighted by Crippen LogP contribution is -2.36. The van der Waals surface area contributed by atoms with Crippen LogP contribution in [0.3, 0.4) is 0 Å². The van der Waals surface area contributed by atoms with Crippen LogP contribution in [0.25, 0.3) is 6.08 Å². The quantitative estimate of drug-likeness (QED) is 0.654. The van der Waals surface area contributed by atoms with E-state index in [1.807, 2.05) is 24.3 Å². The minimum absolute atomic E-state index is 0.00792. The third-order valence-corrected chi connectivity index (χ3v) is 5.62. The maximum atomic E-state index is 13.6. The van der Waals surface area contributed by atoms with E-state index in [1.54, 1.807) is 25.3 Å². The molecule has 0 aliphatic carbocycles. The molecule has 0 radical (unpaired) electrons. The molecule has 0 saturated carbocycles. The van der Waals surface area contributed by atoms with Crippen molar-refractivity contribution in [1.29, 1.82) is 0 Å². The highest BCUT2D eigenvalue weighted by Crippen LogP contribution is 2.22. The highest BCUT2D eigenvalue weighted by atomic mass is 19.1. The predicted octanol–water partition coefficient (Wildman–Crippen LogP) is 4.66. The average molecular weight is 411 g/mol. The molecule has 1 amide bonds. The van der Waals surface area contributed by atoms with Gasteiger partial charge in [-0.05, 0) is 43.9 Å². The first-order chi connectivity index (χ1) is 14.7. The lowest BCUT2D eigenvalue weighted by molar-refractivity contribution is -0.121. The van der Waals surface area contributed by atoms with E-state index in [9.17, 15) is 9.18 Å². The zero-order valence-electron chi connectivity index (χ0n) is 17.6. The number of methoxy groups -OCH3 is 1. The molecule has 1 aliphatic rings. The summed E-state index contributed by atoms with van der Waals surface area (Å²) in [5, 5.41) is 2.84. The van der Waals surface area contributed by atoms with E-state index >= 15 is 0 Å². The van der Waals surface area contributed by atoms with Gasteiger partial charge in [0.2, 0.25) is 5.91 Å². The Balaban J connectivity index is 1.39. The number of para-hydroxylation sites is 1. The van der Waals surface area contributed by atoms with E-state index in [2.05, 4.69) is 22.4 Å². The molecule has 1 aliphatic heterocycles. The second-order valence-corrected chi connectivity index (χ2v) is 7.82. The summed E-state index contributed by atoms with van der Waals surface area (Å²) in [5.74, 6) is 1.12. The first-order valence-electron chi connectivity index (χ1n) is 10.7. The van der Waals surface area contributed by atoms with Crippen LogP contribution in [0, 0.1) is 11.7 Å². The number of carbonyl (C=O) groups excluding carboxylic acids is 1. The van der Waals surface area contributed by atoms with Crippen molar-refractivity contribution in [2.45, 2.75) is 32.2 Å². The van der Waals surface area contributed by atoms with E-state index in [4.69, 9.17) is 4.74 Å². The molecule has 1 heterocycles. The molecule has 160 valence electrons. The summed E-state index contributed by atoms with van der Waals surface area (Å²) in [5.41, 5.74) is 1.61. The van der Waals surface area contributed by atoms with Gasteiger partial charge in [-0.3, -0.25) is 9.69 Å². The van der Waals surface area contributed by atoms with Crippen molar-refractivity contribution in [3.8, 4) is 5.75 Å². The van der Waals surface area contributed by atoms with Crippen molar-refractivity contribution in [2.24, 2.45) is 5.92 Å². The summed E-state index contributed by atoms with van der Waals surface area (Å²) >= 11 is 0. The fraction of sp³-hybridized carbons (Fsp3) is 0.400. The Hall–Kier alpha value is -2.66. The number of likely N-dealkylation sites (tertiary alicyclic amines) is 1. The molecule has 2 aromatic carbocycles. The maximum absolute atomic E-state index is 13.6. The molecule has 1 atom stereocenters. The SMILES string of the molecule is COc1ccccc1/C=C/CN1CCC[C@@H](CCC(=O)NCc2ccccc2F)C1. The van der Waals surface area contributed by atoms with Gasteiger partial charge in [-0.2, -0.15) is 0 Å². The molecule has 2 aromatic rings. The van der Waals surface area contributed by atoms with Crippen molar-refractivity contribution in [2.75, 3.05) is 26.7 Å². The van der Waals surface area contributed by atoms with Crippen LogP contribution in [0.2, 0.25) is 0 Å². The van der Waals surface area contributed by atoms with Gasteiger partial charge in [0, 0.05) is 37.2 Å². The molecular weight excluding hydrogens is 379 g/mol. The van der Waals surface area contributed by atoms with E-state index < -0.39 is 0 Å². The Bertz CT molecular complexity index is 853. The van der Waals surface area contributed by atoms with Gasteiger partial charge in [-0.25, -0.2) is 4.39 Å². The Morgan fingerprint density at radius 3 is 2.87 bits per heavy atom. The van der Waals surface area contributed by atoms with Crippen molar-refractivity contribution in [1.82, 2.24) is 10.2 Å². The number of benzene rings is 2. The summed E-state index contributed by atoms with van der Waals surface area (Å²) in [6.07, 6.45) is 7.97. The smallest absolute Gasteiger partial charge is 0.220 e. The number of hydrogen-bond acceptors (Lipinski definition) is 3. The first-order valence-corrected chi connectivity index (χ1v) is 10.7. The normalized spacial score (nSPS) is 17.2. The summed E-state index contributed by atoms with van der Waals surface area (Å²) in [6.45, 7) is 3.24. The molecule has 0 unspecified atom stereocenters. The van der Waals surface area contributed by atoms with E-state index in [0.717, 1.165) is 50.2 Å². The number of piperidine rings is 1. The van der Waals surface area contributed by atoms with Crippen molar-refractivity contribution < 1.29 is 13.9 Å². The number of nitrogens with zero attached hydrogens (tertiary/aromatic N) is 1. The van der Waals surface area contributed by atoms with Crippen LogP contribution in [0.1, 0.15) is 36.8 Å². The van der Waals surface area contributed by atoms with Crippen LogP contribution in [-0.4, -0.2) is 37.6 Å². The molecule has 1 fully saturated rings. The largest absolute Gasteiger partial charge is 0.496 e. The fourth-order valence-corrected chi connectivity index (χ4v) is 3.94. The van der Waals surface area contributed by atoms with Gasteiger partial charge < -0.3 is 10.1 Å². The summed E-state index contributed by atoms with van der Waals surface area (Å²) in [7, 11) is 1.69. The third kappa shape index (κ3) is 6.70. The van der Waals surface area contributed by atoms with Crippen LogP contribution < -0.4 is 10.1 Å². The fourth-order valence-electron chi connectivity index (χ4n) is 3.94. The lowest BCUT2D eigenvalue weighted by atomic mass is 9.93. The van der Waals surface area contributed by atoms with Crippen molar-refractivity contribution in [3.63, 3.8) is 0 Å². The van der Waals surface area contributed by atoms with Crippen molar-refractivity contribution in [3.05, 3.63) is 71.6 Å². The highest BCUT2D eigenvalue weighted by molar-refractivity contribution is 5.75. The third-order valence-electron chi connectivity index (χ3n) is 5.62. The number of amides is 1. The Morgan fingerprint density at radius 1 is 1.23 bits per heavy atom. The minimum atomic E-state index is -0.276. The van der Waals surface area contributed by atoms with Gasteiger partial charge in [0.15, 0.2) is 0 Å². The number of nitrogens with one attached hydrogen (secondary N) is 1. The number of halogens is 1. The molecule has 0 aromatic heterocycles. The molecule has 30 heavy (non-hydrogen) atoms. The molecule has 3 rings (SSSR count). The van der Waals surface area contributed by atoms with Gasteiger partial charge >= 0.3 is 0 Å². The highest BCUT2D eigenvalue weighted by Gasteiger charge is 2.19. The standard InChI is InChI=1S/C25H31FN2O2/c1-30-24-13-5-3-9-21(24)11-7-17-28-16-6-8-20(19-28)14-15-25(29)27-18-22-10-2-4-12-23(22)26/h2-5,7,9-13,20H,6,8,14-19H2,1H3,(H,27,29)/b11-7+/t20-/m0/s1. The second-order valence-electron chi connectivity index (χ2n) is 7.82. The van der Waals surface area contributed by atoms with Crippen LogP contribution >= 0.6 is 0 Å². The number of rotatable bonds is 9. The molecule has 0 bridgehead atoms. The molecule has 0 spiro atoms. The monoisotopic (exact) mass is 410 g/mol. The Kier molecular flexibility index (Phi) is 8.45. The van der Waals surface area contributed by atoms with Gasteiger partial charge in [-0.15, -0.1) is 0 Å². The summed E-state index contributed by atoms with van der Waals surface area (Å²) in [4.78, 5) is 14.6. The second kappa shape index (κ2) is 11.5. The van der Waals surface area contributed by atoms with Gasteiger partial charge in [0.1, 0.15) is 11.6 Å². The zero-order valence-corrected chi connectivity index (χ0v) is 17.6. The van der Waals surface area contributed by atoms with Gasteiger partial charge in [-0.1, -0.05) is 48.6 Å². The van der Waals surface area contributed by atoms with Crippen molar-refractivity contribution >= 4 is 12.0 Å². The number of carbonyl (C=O) groups is 1. The number of hydrogen-bond donors (Lipinski definition) is 1. The van der Waals surface area contributed by atoms with E-state index in [-0.39, 0.29) is 18.3 Å². The van der Waals surface area contributed by atoms with E-state index in [1.165, 1.54) is 6.07 Å². The molecule has 1 N–H and O–H groups in total. The predicted molar refractivity (Wildman–Crippen MR) is 119 cm³/mol. The van der Waals surface area contributed by atoms with E-state index in [0.29, 0.717) is 17.9 Å². The lowest BCUT2D eigenvalue weighted by Gasteiger charge is -2.32. The topological polar surface area (TPSA) is 41.6 Å². The first kappa shape index (κ1) is 22.0. The molecule has 1 saturated heterocycles. The number of ether oxygens (including phenoxy) is 1. The molecule has 4 nitrogen and oxygen atoms in total. The summed E-state index contributed by atoms with van der Waals surface area (Å²) in [6, 6.07) is 14.6. The van der Waals surface area contributed by atoms with Gasteiger partial charge in [0.05, 0.1) is 7.11 Å². The van der Waals surface area contributed by atoms with Gasteiger partial charge in [0.25, 0.3) is 0 Å². The van der Waals surface area contributed by atoms with Crippen LogP contribution in [0.15, 0.2) is 54.6 Å². The van der Waals surface area contributed by atoms with Crippen LogP contribution in [0.4, 0.5) is 4.39 Å². The zero-order chi connectivity index (χ0) is 21.2. The minimum Gasteiger partial charge on any atom is -0.496 e. The maximum Gasteiger partial charge on any atom is 0.220 e.